The summed E-state index contributed by atoms with van der Waals surface area (Å²) in [7, 11) is 0. The SMILES string of the molecule is N#Cc1cccc(COc2cccc3c2CCNC3)c1. The molecule has 3 rings (SSSR count). The molecule has 0 fully saturated rings. The average Bonchev–Trinajstić information content (AvgIpc) is 2.53. The molecule has 0 spiro atoms. The zero-order chi connectivity index (χ0) is 13.8. The molecule has 0 atom stereocenters. The maximum Gasteiger partial charge on any atom is 0.123 e. The fourth-order valence-electron chi connectivity index (χ4n) is 2.52. The van der Waals surface area contributed by atoms with E-state index < -0.39 is 0 Å². The summed E-state index contributed by atoms with van der Waals surface area (Å²) in [6.07, 6.45) is 1.00. The third-order valence-electron chi connectivity index (χ3n) is 3.55. The summed E-state index contributed by atoms with van der Waals surface area (Å²) in [4.78, 5) is 0. The Kier molecular flexibility index (Phi) is 3.67. The van der Waals surface area contributed by atoms with Crippen LogP contribution in [0.5, 0.6) is 5.75 Å². The Morgan fingerprint density at radius 2 is 2.10 bits per heavy atom. The van der Waals surface area contributed by atoms with E-state index in [2.05, 4.69) is 17.5 Å². The van der Waals surface area contributed by atoms with Crippen LogP contribution in [-0.2, 0) is 19.6 Å². The minimum Gasteiger partial charge on any atom is -0.489 e. The molecule has 0 amide bonds. The normalized spacial score (nSPS) is 13.3. The number of fused-ring (bicyclic) bond motifs is 1. The molecule has 0 unspecified atom stereocenters. The maximum absolute atomic E-state index is 8.91. The number of nitrogens with one attached hydrogen (secondary N) is 1. The van der Waals surface area contributed by atoms with E-state index in [1.54, 1.807) is 6.07 Å². The lowest BCUT2D eigenvalue weighted by molar-refractivity contribution is 0.301. The summed E-state index contributed by atoms with van der Waals surface area (Å²) in [5, 5.41) is 12.3. The molecule has 1 N–H and O–H groups in total. The van der Waals surface area contributed by atoms with Crippen molar-refractivity contribution in [1.82, 2.24) is 5.32 Å². The van der Waals surface area contributed by atoms with Gasteiger partial charge in [0.05, 0.1) is 11.6 Å². The number of nitriles is 1. The summed E-state index contributed by atoms with van der Waals surface area (Å²) in [5.41, 5.74) is 4.32. The van der Waals surface area contributed by atoms with E-state index in [9.17, 15) is 0 Å². The van der Waals surface area contributed by atoms with Crippen molar-refractivity contribution < 1.29 is 4.74 Å². The van der Waals surface area contributed by atoms with Crippen molar-refractivity contribution in [2.45, 2.75) is 19.6 Å². The highest BCUT2D eigenvalue weighted by atomic mass is 16.5. The summed E-state index contributed by atoms with van der Waals surface area (Å²) in [6, 6.07) is 15.9. The number of ether oxygens (including phenoxy) is 1. The Labute approximate surface area is 118 Å². The van der Waals surface area contributed by atoms with Gasteiger partial charge in [-0.05, 0) is 47.9 Å². The van der Waals surface area contributed by atoms with E-state index in [1.807, 2.05) is 30.3 Å². The standard InChI is InChI=1S/C17H16N2O/c18-10-13-3-1-4-14(9-13)12-20-17-6-2-5-15-11-19-8-7-16(15)17/h1-6,9,19H,7-8,11-12H2. The fraction of sp³-hybridized carbons (Fsp3) is 0.235. The minimum absolute atomic E-state index is 0.499. The first-order chi connectivity index (χ1) is 9.86. The van der Waals surface area contributed by atoms with E-state index in [0.717, 1.165) is 30.8 Å². The predicted molar refractivity (Wildman–Crippen MR) is 77.3 cm³/mol. The van der Waals surface area contributed by atoms with Gasteiger partial charge in [-0.25, -0.2) is 0 Å². The highest BCUT2D eigenvalue weighted by Crippen LogP contribution is 2.26. The lowest BCUT2D eigenvalue weighted by atomic mass is 10.0. The monoisotopic (exact) mass is 264 g/mol. The van der Waals surface area contributed by atoms with Crippen molar-refractivity contribution in [2.24, 2.45) is 0 Å². The highest BCUT2D eigenvalue weighted by molar-refractivity contribution is 5.42. The third kappa shape index (κ3) is 2.66. The zero-order valence-corrected chi connectivity index (χ0v) is 11.2. The van der Waals surface area contributed by atoms with Gasteiger partial charge in [0.25, 0.3) is 0 Å². The van der Waals surface area contributed by atoms with Gasteiger partial charge < -0.3 is 10.1 Å². The molecular formula is C17H16N2O. The lowest BCUT2D eigenvalue weighted by Gasteiger charge is -2.20. The first-order valence-electron chi connectivity index (χ1n) is 6.80. The van der Waals surface area contributed by atoms with Gasteiger partial charge in [-0.3, -0.25) is 0 Å². The highest BCUT2D eigenvalue weighted by Gasteiger charge is 2.13. The molecule has 0 aliphatic carbocycles. The molecule has 3 nitrogen and oxygen atoms in total. The van der Waals surface area contributed by atoms with E-state index in [-0.39, 0.29) is 0 Å². The second-order valence-corrected chi connectivity index (χ2v) is 4.92. The van der Waals surface area contributed by atoms with Crippen molar-refractivity contribution >= 4 is 0 Å². The van der Waals surface area contributed by atoms with Crippen LogP contribution in [0.15, 0.2) is 42.5 Å². The van der Waals surface area contributed by atoms with Crippen LogP contribution in [0.2, 0.25) is 0 Å². The van der Waals surface area contributed by atoms with Crippen molar-refractivity contribution in [3.8, 4) is 11.8 Å². The quantitative estimate of drug-likeness (QED) is 0.927. The van der Waals surface area contributed by atoms with Gasteiger partial charge in [0.1, 0.15) is 12.4 Å². The van der Waals surface area contributed by atoms with Crippen LogP contribution in [0, 0.1) is 11.3 Å². The second kappa shape index (κ2) is 5.77. The minimum atomic E-state index is 0.499. The second-order valence-electron chi connectivity index (χ2n) is 4.92. The van der Waals surface area contributed by atoms with Gasteiger partial charge in [0.2, 0.25) is 0 Å². The molecule has 1 aliphatic rings. The molecule has 0 bridgehead atoms. The predicted octanol–water partition coefficient (Wildman–Crippen LogP) is 2.78. The molecule has 1 aliphatic heterocycles. The third-order valence-corrected chi connectivity index (χ3v) is 3.55. The van der Waals surface area contributed by atoms with Crippen LogP contribution < -0.4 is 10.1 Å². The van der Waals surface area contributed by atoms with Crippen molar-refractivity contribution in [2.75, 3.05) is 6.54 Å². The van der Waals surface area contributed by atoms with E-state index in [4.69, 9.17) is 10.00 Å². The van der Waals surface area contributed by atoms with Crippen LogP contribution in [0.4, 0.5) is 0 Å². The number of hydrogen-bond donors (Lipinski definition) is 1. The summed E-state index contributed by atoms with van der Waals surface area (Å²) < 4.78 is 5.95. The summed E-state index contributed by atoms with van der Waals surface area (Å²) in [6.45, 7) is 2.41. The Balaban J connectivity index is 1.77. The Morgan fingerprint density at radius 1 is 1.20 bits per heavy atom. The number of benzene rings is 2. The summed E-state index contributed by atoms with van der Waals surface area (Å²) in [5.74, 6) is 0.964. The molecule has 1 heterocycles. The largest absolute Gasteiger partial charge is 0.489 e. The fourth-order valence-corrected chi connectivity index (χ4v) is 2.52. The average molecular weight is 264 g/mol. The molecule has 2 aromatic rings. The van der Waals surface area contributed by atoms with E-state index >= 15 is 0 Å². The van der Waals surface area contributed by atoms with Gasteiger partial charge in [-0.1, -0.05) is 24.3 Å². The molecule has 3 heteroatoms. The molecule has 0 aromatic heterocycles. The number of nitrogens with zero attached hydrogens (tertiary/aromatic N) is 1. The number of rotatable bonds is 3. The van der Waals surface area contributed by atoms with Crippen molar-refractivity contribution in [3.05, 3.63) is 64.7 Å². The van der Waals surface area contributed by atoms with Crippen LogP contribution in [0.1, 0.15) is 22.3 Å². The zero-order valence-electron chi connectivity index (χ0n) is 11.2. The summed E-state index contributed by atoms with van der Waals surface area (Å²) >= 11 is 0. The van der Waals surface area contributed by atoms with E-state index in [0.29, 0.717) is 12.2 Å². The lowest BCUT2D eigenvalue weighted by Crippen LogP contribution is -2.24. The Bertz CT molecular complexity index is 658. The van der Waals surface area contributed by atoms with Gasteiger partial charge in [-0.2, -0.15) is 5.26 Å². The molecule has 0 radical (unpaired) electrons. The Hall–Kier alpha value is -2.31. The topological polar surface area (TPSA) is 45.0 Å². The van der Waals surface area contributed by atoms with Crippen LogP contribution in [0.3, 0.4) is 0 Å². The molecule has 20 heavy (non-hydrogen) atoms. The Morgan fingerprint density at radius 3 is 3.00 bits per heavy atom. The van der Waals surface area contributed by atoms with Gasteiger partial charge >= 0.3 is 0 Å². The van der Waals surface area contributed by atoms with Crippen LogP contribution in [-0.4, -0.2) is 6.54 Å². The molecule has 0 saturated carbocycles. The molecule has 0 saturated heterocycles. The van der Waals surface area contributed by atoms with Gasteiger partial charge in [0.15, 0.2) is 0 Å². The van der Waals surface area contributed by atoms with Gasteiger partial charge in [0, 0.05) is 6.54 Å². The van der Waals surface area contributed by atoms with Crippen molar-refractivity contribution in [1.29, 1.82) is 5.26 Å². The molecule has 2 aromatic carbocycles. The first kappa shape index (κ1) is 12.7. The van der Waals surface area contributed by atoms with Crippen molar-refractivity contribution in [3.63, 3.8) is 0 Å². The maximum atomic E-state index is 8.91. The smallest absolute Gasteiger partial charge is 0.123 e. The molecule has 100 valence electrons. The van der Waals surface area contributed by atoms with Gasteiger partial charge in [-0.15, -0.1) is 0 Å². The first-order valence-corrected chi connectivity index (χ1v) is 6.80. The number of hydrogen-bond acceptors (Lipinski definition) is 3. The molecular weight excluding hydrogens is 248 g/mol. The van der Waals surface area contributed by atoms with Crippen LogP contribution in [0.25, 0.3) is 0 Å². The van der Waals surface area contributed by atoms with E-state index in [1.165, 1.54) is 11.1 Å². The van der Waals surface area contributed by atoms with Crippen LogP contribution >= 0.6 is 0 Å².